The Bertz CT molecular complexity index is 998. The molecule has 0 radical (unpaired) electrons. The van der Waals surface area contributed by atoms with Gasteiger partial charge in [0.1, 0.15) is 5.82 Å². The van der Waals surface area contributed by atoms with Gasteiger partial charge in [-0.1, -0.05) is 12.1 Å². The molecule has 1 saturated carbocycles. The fourth-order valence-corrected chi connectivity index (χ4v) is 3.11. The Morgan fingerprint density at radius 2 is 1.81 bits per heavy atom. The number of hydrogen-bond acceptors (Lipinski definition) is 3. The summed E-state index contributed by atoms with van der Waals surface area (Å²) in [6, 6.07) is 12.1. The van der Waals surface area contributed by atoms with Crippen LogP contribution in [0.2, 0.25) is 0 Å². The summed E-state index contributed by atoms with van der Waals surface area (Å²) in [5.74, 6) is -0.323. The molecule has 0 atom stereocenters. The van der Waals surface area contributed by atoms with E-state index in [1.54, 1.807) is 18.2 Å². The molecule has 4 nitrogen and oxygen atoms in total. The minimum Gasteiger partial charge on any atom is -0.331 e. The molecule has 132 valence electrons. The number of aryl methyl sites for hydroxylation is 2. The Labute approximate surface area is 151 Å². The molecule has 3 aromatic rings. The first-order valence-corrected chi connectivity index (χ1v) is 8.82. The van der Waals surface area contributed by atoms with Gasteiger partial charge in [-0.15, -0.1) is 0 Å². The first kappa shape index (κ1) is 16.6. The van der Waals surface area contributed by atoms with Gasteiger partial charge >= 0.3 is 0 Å². The van der Waals surface area contributed by atoms with E-state index in [0.717, 1.165) is 40.8 Å². The summed E-state index contributed by atoms with van der Waals surface area (Å²) in [6.07, 6.45) is 1.99. The van der Waals surface area contributed by atoms with Crippen molar-refractivity contribution in [1.82, 2.24) is 14.9 Å². The molecule has 1 amide bonds. The van der Waals surface area contributed by atoms with Crippen LogP contribution in [-0.2, 0) is 6.54 Å². The predicted molar refractivity (Wildman–Crippen MR) is 98.3 cm³/mol. The number of carbonyl (C=O) groups excluding carboxylic acids is 1. The van der Waals surface area contributed by atoms with Crippen molar-refractivity contribution in [2.45, 2.75) is 39.3 Å². The van der Waals surface area contributed by atoms with Crippen molar-refractivity contribution in [1.29, 1.82) is 0 Å². The number of amides is 1. The fourth-order valence-electron chi connectivity index (χ4n) is 3.11. The van der Waals surface area contributed by atoms with Crippen molar-refractivity contribution in [2.24, 2.45) is 0 Å². The summed E-state index contributed by atoms with van der Waals surface area (Å²) in [5.41, 5.74) is 4.66. The van der Waals surface area contributed by atoms with Crippen LogP contribution >= 0.6 is 0 Å². The zero-order valence-corrected chi connectivity index (χ0v) is 14.9. The number of benzene rings is 2. The van der Waals surface area contributed by atoms with Crippen molar-refractivity contribution in [3.63, 3.8) is 0 Å². The minimum absolute atomic E-state index is 0.0429. The maximum Gasteiger partial charge on any atom is 0.254 e. The second-order valence-electron chi connectivity index (χ2n) is 6.89. The summed E-state index contributed by atoms with van der Waals surface area (Å²) in [4.78, 5) is 24.0. The third-order valence-corrected chi connectivity index (χ3v) is 4.81. The quantitative estimate of drug-likeness (QED) is 0.709. The van der Waals surface area contributed by atoms with E-state index in [9.17, 15) is 9.18 Å². The van der Waals surface area contributed by atoms with Gasteiger partial charge in [-0.05, 0) is 62.6 Å². The Balaban J connectivity index is 1.65. The standard InChI is InChI=1S/C21H20FN3O/c1-13-14(2)24-20-11-16(6-9-19(20)23-13)21(26)25(18-7-8-18)12-15-4-3-5-17(22)10-15/h3-6,9-11,18H,7-8,12H2,1-2H3. The molecule has 0 spiro atoms. The molecule has 0 unspecified atom stereocenters. The number of aromatic nitrogens is 2. The maximum absolute atomic E-state index is 13.5. The molecule has 5 heteroatoms. The molecule has 4 rings (SSSR count). The van der Waals surface area contributed by atoms with Crippen LogP contribution in [-0.4, -0.2) is 26.8 Å². The van der Waals surface area contributed by atoms with Gasteiger partial charge in [0.15, 0.2) is 0 Å². The lowest BCUT2D eigenvalue weighted by Crippen LogP contribution is -2.32. The van der Waals surface area contributed by atoms with Gasteiger partial charge in [0.05, 0.1) is 22.4 Å². The number of halogens is 1. The Morgan fingerprint density at radius 1 is 1.08 bits per heavy atom. The van der Waals surface area contributed by atoms with Gasteiger partial charge < -0.3 is 4.90 Å². The second kappa shape index (κ2) is 6.48. The maximum atomic E-state index is 13.5. The summed E-state index contributed by atoms with van der Waals surface area (Å²) in [6.45, 7) is 4.25. The highest BCUT2D eigenvalue weighted by Gasteiger charge is 2.33. The zero-order chi connectivity index (χ0) is 18.3. The van der Waals surface area contributed by atoms with Crippen LogP contribution in [0.3, 0.4) is 0 Å². The molecule has 0 bridgehead atoms. The third-order valence-electron chi connectivity index (χ3n) is 4.81. The van der Waals surface area contributed by atoms with Crippen LogP contribution in [0, 0.1) is 19.7 Å². The van der Waals surface area contributed by atoms with Crippen molar-refractivity contribution in [2.75, 3.05) is 0 Å². The SMILES string of the molecule is Cc1nc2ccc(C(=O)N(Cc3cccc(F)c3)C3CC3)cc2nc1C. The molecule has 1 aliphatic carbocycles. The predicted octanol–water partition coefficient (Wildman–Crippen LogP) is 4.19. The first-order chi connectivity index (χ1) is 12.5. The lowest BCUT2D eigenvalue weighted by Gasteiger charge is -2.23. The number of fused-ring (bicyclic) bond motifs is 1. The van der Waals surface area contributed by atoms with E-state index in [4.69, 9.17) is 0 Å². The van der Waals surface area contributed by atoms with Gasteiger partial charge in [-0.3, -0.25) is 4.79 Å². The zero-order valence-electron chi connectivity index (χ0n) is 14.9. The largest absolute Gasteiger partial charge is 0.331 e. The lowest BCUT2D eigenvalue weighted by atomic mass is 10.1. The molecular formula is C21H20FN3O. The topological polar surface area (TPSA) is 46.1 Å². The van der Waals surface area contributed by atoms with Gasteiger partial charge in [0.2, 0.25) is 0 Å². The summed E-state index contributed by atoms with van der Waals surface area (Å²) in [7, 11) is 0. The number of rotatable bonds is 4. The van der Waals surface area contributed by atoms with Gasteiger partial charge in [-0.2, -0.15) is 0 Å². The molecule has 26 heavy (non-hydrogen) atoms. The van der Waals surface area contributed by atoms with E-state index in [2.05, 4.69) is 9.97 Å². The van der Waals surface area contributed by atoms with Gasteiger partial charge in [0.25, 0.3) is 5.91 Å². The molecule has 2 aromatic carbocycles. The highest BCUT2D eigenvalue weighted by molar-refractivity contribution is 5.97. The molecule has 1 aliphatic rings. The van der Waals surface area contributed by atoms with E-state index < -0.39 is 0 Å². The summed E-state index contributed by atoms with van der Waals surface area (Å²) in [5, 5.41) is 0. The van der Waals surface area contributed by atoms with E-state index in [1.807, 2.05) is 30.9 Å². The molecule has 1 heterocycles. The van der Waals surface area contributed by atoms with Crippen LogP contribution in [0.25, 0.3) is 11.0 Å². The monoisotopic (exact) mass is 349 g/mol. The molecule has 0 aliphatic heterocycles. The van der Waals surface area contributed by atoms with Gasteiger partial charge in [-0.25, -0.2) is 14.4 Å². The van der Waals surface area contributed by atoms with E-state index in [1.165, 1.54) is 12.1 Å². The van der Waals surface area contributed by atoms with Crippen molar-refractivity contribution >= 4 is 16.9 Å². The summed E-state index contributed by atoms with van der Waals surface area (Å²) >= 11 is 0. The van der Waals surface area contributed by atoms with Crippen LogP contribution in [0.15, 0.2) is 42.5 Å². The Kier molecular flexibility index (Phi) is 4.15. The van der Waals surface area contributed by atoms with Crippen LogP contribution < -0.4 is 0 Å². The van der Waals surface area contributed by atoms with Crippen LogP contribution in [0.1, 0.15) is 40.2 Å². The average Bonchev–Trinajstić information content (AvgIpc) is 3.45. The lowest BCUT2D eigenvalue weighted by molar-refractivity contribution is 0.0730. The van der Waals surface area contributed by atoms with Crippen LogP contribution in [0.5, 0.6) is 0 Å². The molecule has 1 aromatic heterocycles. The molecule has 0 N–H and O–H groups in total. The van der Waals surface area contributed by atoms with E-state index >= 15 is 0 Å². The summed E-state index contributed by atoms with van der Waals surface area (Å²) < 4.78 is 13.5. The highest BCUT2D eigenvalue weighted by atomic mass is 19.1. The Hall–Kier alpha value is -2.82. The number of nitrogens with zero attached hydrogens (tertiary/aromatic N) is 3. The third kappa shape index (κ3) is 3.29. The van der Waals surface area contributed by atoms with E-state index in [-0.39, 0.29) is 17.8 Å². The molecular weight excluding hydrogens is 329 g/mol. The van der Waals surface area contributed by atoms with Crippen molar-refractivity contribution in [3.8, 4) is 0 Å². The van der Waals surface area contributed by atoms with Gasteiger partial charge in [0, 0.05) is 18.2 Å². The average molecular weight is 349 g/mol. The normalized spacial score (nSPS) is 13.8. The fraction of sp³-hybridized carbons (Fsp3) is 0.286. The molecule has 1 fully saturated rings. The van der Waals surface area contributed by atoms with Crippen molar-refractivity contribution < 1.29 is 9.18 Å². The number of hydrogen-bond donors (Lipinski definition) is 0. The number of carbonyl (C=O) groups is 1. The second-order valence-corrected chi connectivity index (χ2v) is 6.89. The Morgan fingerprint density at radius 3 is 2.50 bits per heavy atom. The molecule has 0 saturated heterocycles. The van der Waals surface area contributed by atoms with Crippen molar-refractivity contribution in [3.05, 3.63) is 70.8 Å². The first-order valence-electron chi connectivity index (χ1n) is 8.82. The minimum atomic E-state index is -0.280. The highest BCUT2D eigenvalue weighted by Crippen LogP contribution is 2.30. The van der Waals surface area contributed by atoms with Crippen LogP contribution in [0.4, 0.5) is 4.39 Å². The van der Waals surface area contributed by atoms with E-state index in [0.29, 0.717) is 12.1 Å². The smallest absolute Gasteiger partial charge is 0.254 e.